The molecule has 1 aromatic carbocycles. The number of hydrogen-bond acceptors (Lipinski definition) is 1. The zero-order chi connectivity index (χ0) is 15.7. The minimum atomic E-state index is 0.859. The number of furan rings is 1. The summed E-state index contributed by atoms with van der Waals surface area (Å²) >= 11 is 0. The van der Waals surface area contributed by atoms with E-state index in [1.165, 1.54) is 5.56 Å². The lowest BCUT2D eigenvalue weighted by Crippen LogP contribution is -2.30. The van der Waals surface area contributed by atoms with Gasteiger partial charge >= 0.3 is 0 Å². The Morgan fingerprint density at radius 3 is 2.68 bits per heavy atom. The van der Waals surface area contributed by atoms with Crippen LogP contribution in [-0.4, -0.2) is 0 Å². The fourth-order valence-electron chi connectivity index (χ4n) is 2.88. The van der Waals surface area contributed by atoms with Crippen LogP contribution in [0.25, 0.3) is 34.4 Å². The van der Waals surface area contributed by atoms with Crippen LogP contribution in [-0.2, 0) is 7.05 Å². The maximum absolute atomic E-state index is 6.18. The number of hydrogen-bond donors (Lipinski definition) is 0. The molecule has 0 fully saturated rings. The molecule has 3 rings (SSSR count). The van der Waals surface area contributed by atoms with Crippen LogP contribution in [0.1, 0.15) is 23.8 Å². The normalized spacial score (nSPS) is 11.4. The molecule has 3 aromatic rings. The van der Waals surface area contributed by atoms with Crippen LogP contribution in [0.5, 0.6) is 0 Å². The number of nitrogens with zero attached hydrogens (tertiary/aromatic N) is 1. The quantitative estimate of drug-likeness (QED) is 0.626. The third-order valence-electron chi connectivity index (χ3n) is 3.97. The van der Waals surface area contributed by atoms with E-state index in [0.717, 1.165) is 33.6 Å². The van der Waals surface area contributed by atoms with Crippen molar-refractivity contribution in [2.24, 2.45) is 7.05 Å². The van der Waals surface area contributed by atoms with Crippen molar-refractivity contribution in [2.75, 3.05) is 0 Å². The lowest BCUT2D eigenvalue weighted by Gasteiger charge is -2.05. The fourth-order valence-corrected chi connectivity index (χ4v) is 2.88. The zero-order valence-electron chi connectivity index (χ0n) is 13.3. The Kier molecular flexibility index (Phi) is 3.68. The van der Waals surface area contributed by atoms with Gasteiger partial charge in [0.15, 0.2) is 6.20 Å². The maximum Gasteiger partial charge on any atom is 0.216 e. The smallest absolute Gasteiger partial charge is 0.216 e. The van der Waals surface area contributed by atoms with Crippen molar-refractivity contribution < 1.29 is 8.98 Å². The summed E-state index contributed by atoms with van der Waals surface area (Å²) in [5, 5.41) is 1.10. The van der Waals surface area contributed by atoms with Gasteiger partial charge in [-0.15, -0.1) is 0 Å². The SMILES string of the molecule is C=Cc1c(/C=C\C)oc2c(-c3cccc[n+]3C)c(C)ccc12. The Balaban J connectivity index is 2.42. The Morgan fingerprint density at radius 1 is 1.18 bits per heavy atom. The van der Waals surface area contributed by atoms with Crippen LogP contribution in [0.15, 0.2) is 53.6 Å². The molecule has 0 spiro atoms. The fraction of sp³-hybridized carbons (Fsp3) is 0.150. The molecule has 0 saturated carbocycles. The van der Waals surface area contributed by atoms with Crippen molar-refractivity contribution in [1.29, 1.82) is 0 Å². The third-order valence-corrected chi connectivity index (χ3v) is 3.97. The molecule has 0 aliphatic rings. The van der Waals surface area contributed by atoms with Gasteiger partial charge in [-0.2, -0.15) is 0 Å². The highest BCUT2D eigenvalue weighted by atomic mass is 16.3. The zero-order valence-corrected chi connectivity index (χ0v) is 13.3. The van der Waals surface area contributed by atoms with Gasteiger partial charge in [0.2, 0.25) is 5.69 Å². The van der Waals surface area contributed by atoms with Crippen molar-refractivity contribution in [2.45, 2.75) is 13.8 Å². The van der Waals surface area contributed by atoms with E-state index in [2.05, 4.69) is 55.6 Å². The molecular formula is C20H20NO+. The third kappa shape index (κ3) is 2.17. The maximum atomic E-state index is 6.18. The van der Waals surface area contributed by atoms with Crippen LogP contribution in [0.4, 0.5) is 0 Å². The van der Waals surface area contributed by atoms with Crippen molar-refractivity contribution in [1.82, 2.24) is 0 Å². The first-order chi connectivity index (χ1) is 10.7. The van der Waals surface area contributed by atoms with Crippen LogP contribution < -0.4 is 4.57 Å². The average Bonchev–Trinajstić information content (AvgIpc) is 2.86. The second-order valence-corrected chi connectivity index (χ2v) is 5.42. The number of rotatable bonds is 3. The highest BCUT2D eigenvalue weighted by Crippen LogP contribution is 2.36. The van der Waals surface area contributed by atoms with E-state index in [4.69, 9.17) is 4.42 Å². The Hall–Kier alpha value is -2.61. The van der Waals surface area contributed by atoms with Crippen molar-refractivity contribution >= 4 is 23.1 Å². The van der Waals surface area contributed by atoms with Gasteiger partial charge in [0.05, 0.1) is 5.56 Å². The minimum Gasteiger partial charge on any atom is -0.455 e. The predicted molar refractivity (Wildman–Crippen MR) is 92.4 cm³/mol. The van der Waals surface area contributed by atoms with Gasteiger partial charge in [-0.1, -0.05) is 30.9 Å². The second-order valence-electron chi connectivity index (χ2n) is 5.42. The monoisotopic (exact) mass is 290 g/mol. The average molecular weight is 290 g/mol. The van der Waals surface area contributed by atoms with Crippen molar-refractivity contribution in [3.63, 3.8) is 0 Å². The Bertz CT molecular complexity index is 884. The molecule has 2 heterocycles. The second kappa shape index (κ2) is 5.64. The molecule has 0 saturated heterocycles. The molecule has 0 unspecified atom stereocenters. The Morgan fingerprint density at radius 2 is 2.00 bits per heavy atom. The summed E-state index contributed by atoms with van der Waals surface area (Å²) in [5.41, 5.74) is 5.45. The van der Waals surface area contributed by atoms with Gasteiger partial charge < -0.3 is 4.42 Å². The van der Waals surface area contributed by atoms with Gasteiger partial charge in [0.1, 0.15) is 18.4 Å². The van der Waals surface area contributed by atoms with Crippen LogP contribution in [0.3, 0.4) is 0 Å². The first-order valence-corrected chi connectivity index (χ1v) is 7.43. The molecule has 0 atom stereocenters. The number of pyridine rings is 1. The van der Waals surface area contributed by atoms with E-state index in [1.54, 1.807) is 0 Å². The molecule has 2 nitrogen and oxygen atoms in total. The van der Waals surface area contributed by atoms with Crippen LogP contribution >= 0.6 is 0 Å². The van der Waals surface area contributed by atoms with E-state index < -0.39 is 0 Å². The van der Waals surface area contributed by atoms with Crippen LogP contribution in [0.2, 0.25) is 0 Å². The summed E-state index contributed by atoms with van der Waals surface area (Å²) in [6, 6.07) is 10.5. The molecule has 0 aliphatic heterocycles. The molecule has 0 radical (unpaired) electrons. The van der Waals surface area contributed by atoms with E-state index in [9.17, 15) is 0 Å². The summed E-state index contributed by atoms with van der Waals surface area (Å²) in [6.45, 7) is 8.05. The van der Waals surface area contributed by atoms with E-state index in [1.807, 2.05) is 31.2 Å². The summed E-state index contributed by atoms with van der Waals surface area (Å²) in [6.07, 6.45) is 7.89. The molecular weight excluding hydrogens is 270 g/mol. The number of aryl methyl sites for hydroxylation is 2. The predicted octanol–water partition coefficient (Wildman–Crippen LogP) is 4.91. The lowest BCUT2D eigenvalue weighted by atomic mass is 10.00. The topological polar surface area (TPSA) is 17.0 Å². The highest BCUT2D eigenvalue weighted by molar-refractivity contribution is 5.99. The molecule has 22 heavy (non-hydrogen) atoms. The van der Waals surface area contributed by atoms with Gasteiger partial charge in [0.25, 0.3) is 0 Å². The number of allylic oxidation sites excluding steroid dienone is 1. The molecule has 0 aliphatic carbocycles. The van der Waals surface area contributed by atoms with Crippen LogP contribution in [0, 0.1) is 6.92 Å². The minimum absolute atomic E-state index is 0.859. The molecule has 0 N–H and O–H groups in total. The van der Waals surface area contributed by atoms with E-state index in [-0.39, 0.29) is 0 Å². The largest absolute Gasteiger partial charge is 0.455 e. The van der Waals surface area contributed by atoms with Gasteiger partial charge in [-0.25, -0.2) is 4.57 Å². The number of aromatic nitrogens is 1. The molecule has 2 aromatic heterocycles. The van der Waals surface area contributed by atoms with Gasteiger partial charge in [-0.3, -0.25) is 0 Å². The van der Waals surface area contributed by atoms with Gasteiger partial charge in [-0.05, 0) is 31.6 Å². The standard InChI is InChI=1S/C20H20NO/c1-5-9-18-15(6-2)16-12-11-14(3)19(20(16)22-18)17-10-7-8-13-21(17)4/h5-13H,2H2,1,3-4H3/q+1/b9-5-. The number of benzene rings is 1. The molecule has 0 bridgehead atoms. The summed E-state index contributed by atoms with van der Waals surface area (Å²) in [4.78, 5) is 0. The first kappa shape index (κ1) is 14.3. The summed E-state index contributed by atoms with van der Waals surface area (Å²) in [5.74, 6) is 0.859. The van der Waals surface area contributed by atoms with Gasteiger partial charge in [0, 0.05) is 23.1 Å². The van der Waals surface area contributed by atoms with E-state index >= 15 is 0 Å². The Labute approximate surface area is 131 Å². The number of fused-ring (bicyclic) bond motifs is 1. The highest BCUT2D eigenvalue weighted by Gasteiger charge is 2.20. The molecule has 110 valence electrons. The van der Waals surface area contributed by atoms with E-state index in [0.29, 0.717) is 0 Å². The van der Waals surface area contributed by atoms with Crippen molar-refractivity contribution in [3.05, 3.63) is 66.1 Å². The summed E-state index contributed by atoms with van der Waals surface area (Å²) in [7, 11) is 2.05. The van der Waals surface area contributed by atoms with Crippen molar-refractivity contribution in [3.8, 4) is 11.3 Å². The summed E-state index contributed by atoms with van der Waals surface area (Å²) < 4.78 is 8.30. The molecule has 0 amide bonds. The first-order valence-electron chi connectivity index (χ1n) is 7.43. The molecule has 2 heteroatoms. The lowest BCUT2D eigenvalue weighted by molar-refractivity contribution is -0.660.